The molecule has 24 heteroatoms. The van der Waals surface area contributed by atoms with E-state index in [9.17, 15) is 19.5 Å². The van der Waals surface area contributed by atoms with Gasteiger partial charge in [-0.3, -0.25) is 9.59 Å². The van der Waals surface area contributed by atoms with Gasteiger partial charge in [-0.15, -0.1) is 0 Å². The molecule has 4 saturated heterocycles. The molecule has 14 rings (SSSR count). The fourth-order valence-electron chi connectivity index (χ4n) is 30.1. The summed E-state index contributed by atoms with van der Waals surface area (Å²) in [6.07, 6.45) is 15.8. The quantitative estimate of drug-likeness (QED) is 0.0227. The maximum absolute atomic E-state index is 13.0. The number of carbonyl (C=O) groups is 4. The van der Waals surface area contributed by atoms with E-state index in [-0.39, 0.29) is 232 Å². The molecule has 10 saturated carbocycles. The van der Waals surface area contributed by atoms with Crippen LogP contribution in [-0.2, 0) is 66.0 Å². The van der Waals surface area contributed by atoms with E-state index in [4.69, 9.17) is 61.5 Å². The number of esters is 1. The molecule has 682 valence electrons. The van der Waals surface area contributed by atoms with Gasteiger partial charge >= 0.3 is 121 Å². The number of fused-ring (bicyclic) bond motifs is 8. The molecule has 120 heavy (non-hydrogen) atoms. The van der Waals surface area contributed by atoms with Crippen LogP contribution in [0.2, 0.25) is 36.3 Å². The largest absolute Gasteiger partial charge is 1.00 e. The molecule has 10 aliphatic carbocycles. The summed E-state index contributed by atoms with van der Waals surface area (Å²) in [5.74, 6) is 3.67. The van der Waals surface area contributed by atoms with Crippen LogP contribution in [0.4, 0.5) is 9.59 Å². The smallest absolute Gasteiger partial charge is 1.00 e. The van der Waals surface area contributed by atoms with Gasteiger partial charge < -0.3 is 78.0 Å². The van der Waals surface area contributed by atoms with Crippen molar-refractivity contribution in [3.05, 3.63) is 24.3 Å². The summed E-state index contributed by atoms with van der Waals surface area (Å²) in [7, 11) is -4.07. The van der Waals surface area contributed by atoms with Crippen LogP contribution in [0.1, 0.15) is 300 Å². The van der Waals surface area contributed by atoms with E-state index in [1.165, 1.54) is 84.0 Å². The Balaban J connectivity index is 0.000000343. The van der Waals surface area contributed by atoms with Gasteiger partial charge in [-0.1, -0.05) is 146 Å². The molecule has 4 aliphatic heterocycles. The van der Waals surface area contributed by atoms with Crippen molar-refractivity contribution >= 4 is 41.3 Å². The Bertz CT molecular complexity index is 3530. The summed E-state index contributed by atoms with van der Waals surface area (Å²) < 4.78 is 74.0. The van der Waals surface area contributed by atoms with Crippen LogP contribution in [0.3, 0.4) is 0 Å². The van der Waals surface area contributed by atoms with Gasteiger partial charge in [-0.2, -0.15) is 0 Å². The van der Waals surface area contributed by atoms with Crippen LogP contribution in [0.5, 0.6) is 0 Å². The number of hydrogen-bond donors (Lipinski definition) is 1. The maximum atomic E-state index is 13.0. The first-order valence-corrected chi connectivity index (χ1v) is 50.8. The Kier molecular flexibility index (Phi) is 35.1. The average molecular weight is 1770 g/mol. The second-order valence-electron chi connectivity index (χ2n) is 43.8. The minimum atomic E-state index is -2.06. The number of morpholine rings is 2. The van der Waals surface area contributed by atoms with Crippen LogP contribution in [-0.4, -0.2) is 180 Å². The monoisotopic (exact) mass is 1770 g/mol. The first-order chi connectivity index (χ1) is 53.7. The van der Waals surface area contributed by atoms with Gasteiger partial charge in [0, 0.05) is 30.8 Å². The zero-order valence-corrected chi connectivity index (χ0v) is 86.4. The first-order valence-electron chi connectivity index (χ1n) is 45.7. The summed E-state index contributed by atoms with van der Waals surface area (Å²) >= 11 is 0. The third-order valence-electron chi connectivity index (χ3n) is 36.1. The van der Waals surface area contributed by atoms with Crippen molar-refractivity contribution in [3.63, 3.8) is 0 Å². The molecular formula is C96H170K2N2O18Si2. The van der Waals surface area contributed by atoms with Crippen LogP contribution in [0.25, 0.3) is 0 Å². The molecular weight excluding hydrogens is 1600 g/mol. The molecule has 0 bridgehead atoms. The van der Waals surface area contributed by atoms with E-state index >= 15 is 0 Å². The van der Waals surface area contributed by atoms with Crippen molar-refractivity contribution in [3.8, 4) is 0 Å². The number of aliphatic hydroxyl groups is 1. The van der Waals surface area contributed by atoms with E-state index < -0.39 is 52.6 Å². The normalized spacial score (nSPS) is 41.8. The Morgan fingerprint density at radius 2 is 0.892 bits per heavy atom. The van der Waals surface area contributed by atoms with Crippen LogP contribution < -0.4 is 108 Å². The average Bonchev–Trinajstić information content (AvgIpc) is 1.46. The van der Waals surface area contributed by atoms with Crippen molar-refractivity contribution in [1.29, 1.82) is 0 Å². The zero-order valence-electron chi connectivity index (χ0n) is 79.1. The standard InChI is InChI=1S/C47H79NO8Si.C45H77NO7Si.CH2O3.3CH4.2K.H/c1-15-57(16-2,17-3)56-40-39-37(30(6)26-32(53-39)38(29(4)5)52-31(7)49)44(13)22-23-47-28-46(47)21-20-35(43(11,12)33(46)18-19-34(47)45(40,44)14)54-36-27-48(24-25-51-36)41(50)55-42(8,9)10;1-14-54(15-2,16-3)53-38-37-35(29(6)25-30(50-37)36(47)28(4)5)42(12)21-22-45-27-44(45)20-19-33(41(10,11)31(44)17-18-32(45)43(38,42)13)51-34-26-46(23-24-49-34)39(48)52-40(7,8)9;2-1-4-3;;;;;;/h30,32-40H,4,15-28H2,1-3,5-14H3;29-38,47H,4,14-27H2,1-3,5-13H3;1,3H;3*1H4;;;/q;;;;;;2*+1;-1/p-1/t30-,32-,33+,34+,35+,36+,37+,38-,39+,40+,44-,45-,46?,47+;29-,30-,31+,32+,33+,34+,35+,36-,37+,38+,42-,43-,44?,45+;;;;;;;/m11......./s1. The van der Waals surface area contributed by atoms with Crippen LogP contribution in [0, 0.1) is 101 Å². The molecule has 1 N–H and O–H groups in total. The number of ether oxygens (including phenoxy) is 9. The van der Waals surface area contributed by atoms with Crippen molar-refractivity contribution < 1.29 is 190 Å². The number of nitrogens with zero attached hydrogens (tertiary/aromatic N) is 2. The van der Waals surface area contributed by atoms with Gasteiger partial charge in [0.1, 0.15) is 23.4 Å². The third kappa shape index (κ3) is 18.2. The molecule has 14 fully saturated rings. The molecule has 28 atom stereocenters. The number of carbonyl (C=O) groups excluding carboxylic acids is 4. The van der Waals surface area contributed by atoms with Crippen molar-refractivity contribution in [2.24, 2.45) is 101 Å². The van der Waals surface area contributed by atoms with Gasteiger partial charge in [-0.05, 0) is 296 Å². The minimum absolute atomic E-state index is 0. The second kappa shape index (κ2) is 39.2. The minimum Gasteiger partial charge on any atom is -1.00 e. The fraction of sp³-hybridized carbons (Fsp3) is 0.917. The Morgan fingerprint density at radius 3 is 1.22 bits per heavy atom. The van der Waals surface area contributed by atoms with Crippen LogP contribution in [0.15, 0.2) is 24.3 Å². The Hall–Kier alpha value is 0.266. The number of hydrogen-bond acceptors (Lipinski definition) is 18. The predicted octanol–water partition coefficient (Wildman–Crippen LogP) is 14.5. The van der Waals surface area contributed by atoms with E-state index in [2.05, 4.69) is 129 Å². The molecule has 4 spiro atoms. The van der Waals surface area contributed by atoms with Crippen molar-refractivity contribution in [1.82, 2.24) is 9.80 Å². The molecule has 2 amide bonds. The van der Waals surface area contributed by atoms with Gasteiger partial charge in [0.2, 0.25) is 0 Å². The van der Waals surface area contributed by atoms with Crippen molar-refractivity contribution in [2.75, 3.05) is 39.4 Å². The predicted molar refractivity (Wildman–Crippen MR) is 469 cm³/mol. The number of aliphatic hydroxyl groups excluding tert-OH is 1. The molecule has 0 aromatic rings. The summed E-state index contributed by atoms with van der Waals surface area (Å²) in [6.45, 7) is 67.5. The topological polar surface area (TPSA) is 229 Å². The first kappa shape index (κ1) is 107. The van der Waals surface area contributed by atoms with Crippen LogP contribution >= 0.6 is 0 Å². The molecule has 20 nitrogen and oxygen atoms in total. The molecule has 0 aromatic heterocycles. The number of amides is 2. The Labute approximate surface area is 816 Å². The summed E-state index contributed by atoms with van der Waals surface area (Å²) in [6, 6.07) is 6.72. The van der Waals surface area contributed by atoms with E-state index in [1.54, 1.807) is 9.80 Å². The van der Waals surface area contributed by atoms with E-state index in [0.717, 1.165) is 73.1 Å². The van der Waals surface area contributed by atoms with E-state index in [0.29, 0.717) is 108 Å². The maximum Gasteiger partial charge on any atom is 1.00 e. The van der Waals surface area contributed by atoms with Gasteiger partial charge in [0.15, 0.2) is 29.2 Å². The summed E-state index contributed by atoms with van der Waals surface area (Å²) in [5.41, 5.74) is 1.91. The van der Waals surface area contributed by atoms with Gasteiger partial charge in [0.05, 0.1) is 75.1 Å². The number of rotatable bonds is 20. The third-order valence-corrected chi connectivity index (χ3v) is 45.3. The SMILES string of the molecule is C.C.C.C=C(C)[C@@H](O)[C@H]1C[C@@H](C)[C@H]2[C@H](O1)[C@H](O[Si](CC)(CC)CC)[C@@]1(C)[C@@H]3CC[C@H]4C(C)(C)[C@@H](O[C@H]5CN(C(=O)OC(C)(C)C)CCO5)CCC45C[C@@]35CC[C@]21C.C=C(C)[C@@H](OC(C)=O)[C@H]1C[C@@H](C)[C@H]2[C@H](O1)[C@H](O[Si](CC)(CC)CC)[C@@]1(C)[C@@H]3CC[C@H]4C(C)(C)[C@@H](O[C@H]5CN(C(=O)OC(C)(C)C)CCO5)CCC45C[C@@]35CC[C@]21C.O=CO[O-].[H-].[K+].[K+]. The zero-order chi connectivity index (χ0) is 84.6. The fourth-order valence-corrected chi connectivity index (χ4v) is 35.9. The van der Waals surface area contributed by atoms with Crippen molar-refractivity contribution in [2.45, 2.75) is 419 Å². The molecule has 0 radical (unpaired) electrons. The molecule has 2 unspecified atom stereocenters. The molecule has 14 aliphatic rings. The van der Waals surface area contributed by atoms with Gasteiger partial charge in [0.25, 0.3) is 6.47 Å². The van der Waals surface area contributed by atoms with Gasteiger partial charge in [-0.25, -0.2) is 9.59 Å². The van der Waals surface area contributed by atoms with E-state index in [1.807, 2.05) is 55.4 Å². The second-order valence-corrected chi connectivity index (χ2v) is 53.3. The molecule has 4 heterocycles. The summed E-state index contributed by atoms with van der Waals surface area (Å²) in [4.78, 5) is 53.1. The summed E-state index contributed by atoms with van der Waals surface area (Å²) in [5, 5.41) is 19.8. The molecule has 0 aromatic carbocycles. The Morgan fingerprint density at radius 1 is 0.550 bits per heavy atom.